The summed E-state index contributed by atoms with van der Waals surface area (Å²) in [5.74, 6) is -0.132. The zero-order valence-electron chi connectivity index (χ0n) is 28.1. The number of aromatic nitrogens is 3. The maximum absolute atomic E-state index is 12.8. The summed E-state index contributed by atoms with van der Waals surface area (Å²) in [5, 5.41) is 11.7. The molecule has 0 saturated heterocycles. The molecule has 0 aliphatic carbocycles. The van der Waals surface area contributed by atoms with Gasteiger partial charge < -0.3 is 19.3 Å². The van der Waals surface area contributed by atoms with Crippen LogP contribution in [0.1, 0.15) is 50.8 Å². The average molecular weight is 724 g/mol. The summed E-state index contributed by atoms with van der Waals surface area (Å²) in [6, 6.07) is 16.1. The van der Waals surface area contributed by atoms with Gasteiger partial charge in [0.1, 0.15) is 25.9 Å². The number of anilines is 2. The van der Waals surface area contributed by atoms with Crippen LogP contribution in [0.2, 0.25) is 0 Å². The fourth-order valence-corrected chi connectivity index (χ4v) is 6.01. The van der Waals surface area contributed by atoms with E-state index in [-0.39, 0.29) is 70.2 Å². The minimum atomic E-state index is -5.16. The van der Waals surface area contributed by atoms with E-state index < -0.39 is 41.5 Å². The van der Waals surface area contributed by atoms with E-state index in [1.54, 1.807) is 12.1 Å². The Hall–Kier alpha value is -2.77. The topological polar surface area (TPSA) is 202 Å². The van der Waals surface area contributed by atoms with E-state index >= 15 is 0 Å². The van der Waals surface area contributed by atoms with E-state index in [2.05, 4.69) is 29.2 Å². The molecule has 246 valence electrons. The minimum absolute atomic E-state index is 0. The van der Waals surface area contributed by atoms with Gasteiger partial charge in [0.05, 0.1) is 21.2 Å². The Balaban J connectivity index is 0.00000325. The van der Waals surface area contributed by atoms with E-state index in [1.807, 2.05) is 45.0 Å². The molecule has 3 aromatic carbocycles. The first-order chi connectivity index (χ1) is 22.0. The van der Waals surface area contributed by atoms with Crippen LogP contribution in [0, 0.1) is 5.41 Å². The van der Waals surface area contributed by atoms with Gasteiger partial charge in [0, 0.05) is 41.0 Å². The molecule has 2 heterocycles. The van der Waals surface area contributed by atoms with Gasteiger partial charge in [-0.05, 0) is 80.6 Å². The normalized spacial score (nSPS) is 13.6. The van der Waals surface area contributed by atoms with Crippen LogP contribution in [0.15, 0.2) is 86.6 Å². The molecule has 18 heteroatoms. The molecular weight excluding hydrogens is 692 g/mol. The quantitative estimate of drug-likeness (QED) is 0.152. The van der Waals surface area contributed by atoms with Crippen LogP contribution in [0.5, 0.6) is 0 Å². The van der Waals surface area contributed by atoms with Crippen molar-refractivity contribution in [2.45, 2.75) is 44.4 Å². The number of amides is 1. The minimum Gasteiger partial charge on any atom is -0.744 e. The van der Waals surface area contributed by atoms with Crippen molar-refractivity contribution in [3.63, 3.8) is 0 Å². The predicted octanol–water partition coefficient (Wildman–Crippen LogP) is -1.76. The predicted molar refractivity (Wildman–Crippen MR) is 174 cm³/mol. The third-order valence-electron chi connectivity index (χ3n) is 7.27. The van der Waals surface area contributed by atoms with Crippen molar-refractivity contribution < 1.29 is 89.9 Å². The molecule has 0 spiro atoms. The Bertz CT molecular complexity index is 2090. The van der Waals surface area contributed by atoms with E-state index in [9.17, 15) is 30.7 Å². The first-order valence-corrected chi connectivity index (χ1v) is 17.3. The van der Waals surface area contributed by atoms with Gasteiger partial charge in [-0.25, -0.2) is 26.8 Å². The second kappa shape index (κ2) is 15.6. The van der Waals surface area contributed by atoms with Crippen LogP contribution in [-0.2, 0) is 20.2 Å². The van der Waals surface area contributed by atoms with Gasteiger partial charge in [0.25, 0.3) is 5.91 Å². The molecule has 1 aliphatic heterocycles. The first kappa shape index (κ1) is 40.7. The smallest absolute Gasteiger partial charge is 0.744 e. The third-order valence-corrected chi connectivity index (χ3v) is 8.90. The van der Waals surface area contributed by atoms with Crippen LogP contribution < -0.4 is 69.3 Å². The zero-order valence-corrected chi connectivity index (χ0v) is 33.8. The number of hydrogen-bond acceptors (Lipinski definition) is 12. The molecular formula is C31H31N7Na2O7S2. The van der Waals surface area contributed by atoms with Gasteiger partial charge in [-0.1, -0.05) is 20.8 Å². The van der Waals surface area contributed by atoms with Gasteiger partial charge in [-0.2, -0.15) is 5.10 Å². The Morgan fingerprint density at radius 2 is 1.43 bits per heavy atom. The van der Waals surface area contributed by atoms with Gasteiger partial charge in [0.2, 0.25) is 5.82 Å². The molecule has 0 radical (unpaired) electrons. The van der Waals surface area contributed by atoms with Gasteiger partial charge in [-0.3, -0.25) is 4.79 Å². The Morgan fingerprint density at radius 1 is 0.878 bits per heavy atom. The summed E-state index contributed by atoms with van der Waals surface area (Å²) in [5.41, 5.74) is 3.14. The summed E-state index contributed by atoms with van der Waals surface area (Å²) >= 11 is 0. The molecule has 1 N–H and O–H groups in total. The fraction of sp³-hybridized carbons (Fsp3) is 0.258. The molecule has 0 fully saturated rings. The number of nitrogens with one attached hydrogen (secondary N) is 1. The van der Waals surface area contributed by atoms with E-state index in [4.69, 9.17) is 15.1 Å². The monoisotopic (exact) mass is 723 g/mol. The van der Waals surface area contributed by atoms with Crippen LogP contribution >= 0.6 is 0 Å². The fourth-order valence-electron chi connectivity index (χ4n) is 4.85. The van der Waals surface area contributed by atoms with Crippen LogP contribution in [0.4, 0.5) is 17.1 Å². The van der Waals surface area contributed by atoms with Crippen molar-refractivity contribution in [2.75, 3.05) is 23.3 Å². The Kier molecular flexibility index (Phi) is 13.0. The molecule has 5 rings (SSSR count). The van der Waals surface area contributed by atoms with Crippen molar-refractivity contribution in [3.05, 3.63) is 78.1 Å². The summed E-state index contributed by atoms with van der Waals surface area (Å²) in [6.45, 7) is 12.1. The van der Waals surface area contributed by atoms with E-state index in [0.29, 0.717) is 41.1 Å². The SMILES string of the molecule is CCN(CC)c1ccc(N=C2C(C(C)(C)C)=Nn3nc(-c4ccc(NC(=O)c5cc(S(=O)(=O)[O-])cc(S(=O)(=O)[O-])c5)cc4)nc32)cc1.[Na+].[Na+]. The Morgan fingerprint density at radius 3 is 1.92 bits per heavy atom. The molecule has 0 saturated carbocycles. The van der Waals surface area contributed by atoms with Crippen molar-refractivity contribution in [3.8, 4) is 11.4 Å². The number of nitrogens with zero attached hydrogens (tertiary/aromatic N) is 6. The standard InChI is InChI=1S/C31H33N7O7S2.2Na/c1-6-37(7-2)23-14-12-21(13-15-23)32-26-27(31(3,4)5)35-38-29(26)34-28(36-38)19-8-10-22(11-9-19)33-30(39)20-16-24(46(40,41)42)18-25(17-20)47(43,44)45;;/h8-18H,6-7H2,1-5H3,(H,33,39)(H,40,41,42)(H,43,44,45);;/q;2*+1/p-2. The van der Waals surface area contributed by atoms with Crippen LogP contribution in [0.25, 0.3) is 11.4 Å². The average Bonchev–Trinajstić information content (AvgIpc) is 3.57. The molecule has 14 nitrogen and oxygen atoms in total. The molecule has 0 atom stereocenters. The molecule has 1 aliphatic rings. The summed E-state index contributed by atoms with van der Waals surface area (Å²) in [4.78, 5) is 24.1. The van der Waals surface area contributed by atoms with Crippen molar-refractivity contribution in [1.82, 2.24) is 14.9 Å². The Labute approximate surface area is 329 Å². The van der Waals surface area contributed by atoms with Gasteiger partial charge >= 0.3 is 59.1 Å². The molecule has 1 aromatic heterocycles. The number of carbonyl (C=O) groups excluding carboxylic acids is 1. The summed E-state index contributed by atoms with van der Waals surface area (Å²) < 4.78 is 68.9. The van der Waals surface area contributed by atoms with Crippen molar-refractivity contribution >= 4 is 54.6 Å². The zero-order chi connectivity index (χ0) is 34.3. The van der Waals surface area contributed by atoms with Crippen LogP contribution in [0.3, 0.4) is 0 Å². The molecule has 4 aromatic rings. The number of benzene rings is 3. The second-order valence-electron chi connectivity index (χ2n) is 11.6. The van der Waals surface area contributed by atoms with Gasteiger partial charge in [-0.15, -0.1) is 9.89 Å². The second-order valence-corrected chi connectivity index (χ2v) is 14.4. The van der Waals surface area contributed by atoms with Crippen molar-refractivity contribution in [2.24, 2.45) is 15.5 Å². The molecule has 0 unspecified atom stereocenters. The maximum Gasteiger partial charge on any atom is 1.00 e. The van der Waals surface area contributed by atoms with Gasteiger partial charge in [0.15, 0.2) is 5.82 Å². The maximum atomic E-state index is 12.8. The van der Waals surface area contributed by atoms with Crippen molar-refractivity contribution in [1.29, 1.82) is 0 Å². The van der Waals surface area contributed by atoms with Crippen LogP contribution in [-0.4, -0.2) is 71.2 Å². The third kappa shape index (κ3) is 9.32. The number of rotatable bonds is 9. The summed E-state index contributed by atoms with van der Waals surface area (Å²) in [6.07, 6.45) is 0. The first-order valence-electron chi connectivity index (χ1n) is 14.5. The van der Waals surface area contributed by atoms with E-state index in [1.165, 1.54) is 16.9 Å². The summed E-state index contributed by atoms with van der Waals surface area (Å²) in [7, 11) is -10.3. The van der Waals surface area contributed by atoms with E-state index in [0.717, 1.165) is 30.2 Å². The number of aliphatic imine (C=N–C) groups is 1. The molecule has 0 bridgehead atoms. The number of carbonyl (C=O) groups is 1. The largest absolute Gasteiger partial charge is 1.00 e. The molecule has 49 heavy (non-hydrogen) atoms. The molecule has 1 amide bonds. The number of hydrogen-bond donors (Lipinski definition) is 1. The number of fused-ring (bicyclic) bond motifs is 1.